The van der Waals surface area contributed by atoms with Gasteiger partial charge in [0.15, 0.2) is 0 Å². The van der Waals surface area contributed by atoms with Gasteiger partial charge in [0.2, 0.25) is 0 Å². The van der Waals surface area contributed by atoms with E-state index in [1.165, 1.54) is 82.8 Å². The van der Waals surface area contributed by atoms with Gasteiger partial charge in [0.1, 0.15) is 0 Å². The molecule has 3 heteroatoms. The van der Waals surface area contributed by atoms with Gasteiger partial charge in [-0.2, -0.15) is 5.10 Å². The highest BCUT2D eigenvalue weighted by Gasteiger charge is 2.10. The molecule has 19 heavy (non-hydrogen) atoms. The lowest BCUT2D eigenvalue weighted by Crippen LogP contribution is -2.12. The Morgan fingerprint density at radius 3 is 2.37 bits per heavy atom. The Hall–Kier alpha value is -0.860. The highest BCUT2D eigenvalue weighted by molar-refractivity contribution is 5.99. The first-order chi connectivity index (χ1) is 8.97. The zero-order chi connectivity index (χ0) is 12.5. The minimum absolute atomic E-state index is 0. The van der Waals surface area contributed by atoms with Gasteiger partial charge >= 0.3 is 0 Å². The van der Waals surface area contributed by atoms with Gasteiger partial charge in [-0.3, -0.25) is 4.70 Å². The van der Waals surface area contributed by atoms with Crippen LogP contribution in [0.15, 0.2) is 16.8 Å². The van der Waals surface area contributed by atoms with Crippen molar-refractivity contribution in [1.29, 1.82) is 0 Å². The molecule has 2 rings (SSSR count). The van der Waals surface area contributed by atoms with E-state index >= 15 is 0 Å². The van der Waals surface area contributed by atoms with Gasteiger partial charge in [-0.1, -0.05) is 38.2 Å². The molecule has 1 aliphatic carbocycles. The van der Waals surface area contributed by atoms with Crippen LogP contribution in [-0.4, -0.2) is 12.3 Å². The zero-order valence-electron chi connectivity index (χ0n) is 12.1. The fraction of sp³-hybridized carbons (Fsp3) is 0.812. The summed E-state index contributed by atoms with van der Waals surface area (Å²) in [7, 11) is 0. The SMILES string of the molecule is C1=C(/C2=N\NCCCCCC2)CCCCCCC/1.F. The standard InChI is InChI=1S/C16H28N2.FH/c1-2-4-8-12-15(11-7-3-1)16-13-9-5-6-10-14-17-18-16;/h11,17H,1-10,12-14H2;1H/b15-11+,18-16-;. The summed E-state index contributed by atoms with van der Waals surface area (Å²) in [6, 6.07) is 0. The molecule has 2 aliphatic rings. The molecule has 0 bridgehead atoms. The van der Waals surface area contributed by atoms with Gasteiger partial charge in [-0.15, -0.1) is 0 Å². The molecule has 0 atom stereocenters. The molecular weight excluding hydrogens is 239 g/mol. The quantitative estimate of drug-likeness (QED) is 0.731. The predicted molar refractivity (Wildman–Crippen MR) is 81.4 cm³/mol. The second kappa shape index (κ2) is 9.99. The smallest absolute Gasteiger partial charge is 0.0631 e. The van der Waals surface area contributed by atoms with E-state index in [9.17, 15) is 0 Å². The van der Waals surface area contributed by atoms with Crippen LogP contribution in [0.1, 0.15) is 77.0 Å². The summed E-state index contributed by atoms with van der Waals surface area (Å²) >= 11 is 0. The minimum atomic E-state index is 0. The van der Waals surface area contributed by atoms with Crippen LogP contribution in [0.3, 0.4) is 0 Å². The van der Waals surface area contributed by atoms with Gasteiger partial charge in [-0.25, -0.2) is 0 Å². The first-order valence-electron chi connectivity index (χ1n) is 7.95. The fourth-order valence-electron chi connectivity index (χ4n) is 2.92. The van der Waals surface area contributed by atoms with E-state index < -0.39 is 0 Å². The minimum Gasteiger partial charge on any atom is -0.310 e. The van der Waals surface area contributed by atoms with Gasteiger partial charge in [0, 0.05) is 6.54 Å². The van der Waals surface area contributed by atoms with Crippen LogP contribution in [0.4, 0.5) is 4.70 Å². The van der Waals surface area contributed by atoms with E-state index in [4.69, 9.17) is 0 Å². The maximum Gasteiger partial charge on any atom is 0.0631 e. The predicted octanol–water partition coefficient (Wildman–Crippen LogP) is 4.72. The Balaban J connectivity index is 0.00000180. The van der Waals surface area contributed by atoms with Crippen LogP contribution in [0.5, 0.6) is 0 Å². The van der Waals surface area contributed by atoms with Crippen LogP contribution in [0, 0.1) is 0 Å². The monoisotopic (exact) mass is 268 g/mol. The number of hydrogen-bond acceptors (Lipinski definition) is 2. The molecule has 1 aliphatic heterocycles. The molecule has 0 aromatic carbocycles. The number of halogens is 1. The van der Waals surface area contributed by atoms with Crippen molar-refractivity contribution in [2.75, 3.05) is 6.54 Å². The van der Waals surface area contributed by atoms with Crippen molar-refractivity contribution in [1.82, 2.24) is 5.43 Å². The Morgan fingerprint density at radius 1 is 0.789 bits per heavy atom. The van der Waals surface area contributed by atoms with E-state index in [2.05, 4.69) is 16.6 Å². The Kier molecular flexibility index (Phi) is 8.52. The molecule has 0 radical (unpaired) electrons. The van der Waals surface area contributed by atoms with Crippen molar-refractivity contribution in [2.45, 2.75) is 77.0 Å². The van der Waals surface area contributed by atoms with Crippen LogP contribution < -0.4 is 5.43 Å². The van der Waals surface area contributed by atoms with Crippen LogP contribution >= 0.6 is 0 Å². The molecule has 0 amide bonds. The van der Waals surface area contributed by atoms with Crippen molar-refractivity contribution in [3.63, 3.8) is 0 Å². The van der Waals surface area contributed by atoms with Gasteiger partial charge in [0.05, 0.1) is 5.71 Å². The van der Waals surface area contributed by atoms with Crippen molar-refractivity contribution in [3.8, 4) is 0 Å². The molecule has 1 heterocycles. The van der Waals surface area contributed by atoms with Crippen LogP contribution in [0.2, 0.25) is 0 Å². The average molecular weight is 268 g/mol. The Labute approximate surface area is 117 Å². The largest absolute Gasteiger partial charge is 0.310 e. The summed E-state index contributed by atoms with van der Waals surface area (Å²) in [5, 5.41) is 4.67. The molecule has 110 valence electrons. The van der Waals surface area contributed by atoms with Crippen molar-refractivity contribution in [2.24, 2.45) is 5.10 Å². The summed E-state index contributed by atoms with van der Waals surface area (Å²) in [6.07, 6.45) is 18.4. The van der Waals surface area contributed by atoms with Crippen LogP contribution in [-0.2, 0) is 0 Å². The molecule has 0 fully saturated rings. The second-order valence-corrected chi connectivity index (χ2v) is 5.67. The third-order valence-electron chi connectivity index (χ3n) is 4.08. The topological polar surface area (TPSA) is 24.4 Å². The first kappa shape index (κ1) is 16.2. The highest BCUT2D eigenvalue weighted by atomic mass is 19.0. The van der Waals surface area contributed by atoms with Crippen molar-refractivity contribution in [3.05, 3.63) is 11.6 Å². The van der Waals surface area contributed by atoms with Gasteiger partial charge in [0.25, 0.3) is 0 Å². The summed E-state index contributed by atoms with van der Waals surface area (Å²) < 4.78 is 0. The second-order valence-electron chi connectivity index (χ2n) is 5.67. The molecular formula is C16H29FN2. The molecule has 2 nitrogen and oxygen atoms in total. The first-order valence-corrected chi connectivity index (χ1v) is 7.95. The molecule has 0 aromatic heterocycles. The summed E-state index contributed by atoms with van der Waals surface area (Å²) in [5.41, 5.74) is 6.18. The number of nitrogens with one attached hydrogen (secondary N) is 1. The lowest BCUT2D eigenvalue weighted by atomic mass is 9.98. The molecule has 0 aromatic rings. The van der Waals surface area contributed by atoms with Crippen LogP contribution in [0.25, 0.3) is 0 Å². The fourth-order valence-corrected chi connectivity index (χ4v) is 2.92. The van der Waals surface area contributed by atoms with Gasteiger partial charge < -0.3 is 5.43 Å². The molecule has 0 saturated heterocycles. The lowest BCUT2D eigenvalue weighted by molar-refractivity contribution is 0.623. The Bertz CT molecular complexity index is 267. The molecule has 0 spiro atoms. The third kappa shape index (κ3) is 6.22. The zero-order valence-corrected chi connectivity index (χ0v) is 12.1. The normalized spacial score (nSPS) is 28.2. The van der Waals surface area contributed by atoms with Crippen molar-refractivity contribution < 1.29 is 4.70 Å². The average Bonchev–Trinajstić information content (AvgIpc) is 2.61. The molecule has 1 N–H and O–H groups in total. The highest BCUT2D eigenvalue weighted by Crippen LogP contribution is 2.20. The molecule has 0 unspecified atom stereocenters. The lowest BCUT2D eigenvalue weighted by Gasteiger charge is -2.10. The number of rotatable bonds is 1. The number of allylic oxidation sites excluding steroid dienone is 2. The third-order valence-corrected chi connectivity index (χ3v) is 4.08. The summed E-state index contributed by atoms with van der Waals surface area (Å²) in [5.74, 6) is 0. The van der Waals surface area contributed by atoms with E-state index in [1.54, 1.807) is 5.57 Å². The molecule has 0 saturated carbocycles. The number of nitrogens with zero attached hydrogens (tertiary/aromatic N) is 1. The van der Waals surface area contributed by atoms with E-state index in [0.29, 0.717) is 0 Å². The maximum atomic E-state index is 4.67. The van der Waals surface area contributed by atoms with Crippen molar-refractivity contribution >= 4 is 5.71 Å². The van der Waals surface area contributed by atoms with Gasteiger partial charge in [-0.05, 0) is 50.5 Å². The van der Waals surface area contributed by atoms with E-state index in [-0.39, 0.29) is 4.70 Å². The Morgan fingerprint density at radius 2 is 1.47 bits per heavy atom. The number of hydrogen-bond donors (Lipinski definition) is 1. The summed E-state index contributed by atoms with van der Waals surface area (Å²) in [4.78, 5) is 0. The maximum absolute atomic E-state index is 4.67. The van der Waals surface area contributed by atoms with E-state index in [1.807, 2.05) is 0 Å². The number of hydrazone groups is 1. The summed E-state index contributed by atoms with van der Waals surface area (Å²) in [6.45, 7) is 1.05. The van der Waals surface area contributed by atoms with E-state index in [0.717, 1.165) is 6.54 Å².